The minimum Gasteiger partial charge on any atom is -0.389 e. The summed E-state index contributed by atoms with van der Waals surface area (Å²) < 4.78 is 14.8. The summed E-state index contributed by atoms with van der Waals surface area (Å²) in [4.78, 5) is 2.36. The fourth-order valence-corrected chi connectivity index (χ4v) is 2.96. The van der Waals surface area contributed by atoms with Crippen molar-refractivity contribution < 1.29 is 4.39 Å². The maximum Gasteiger partial charge on any atom is 0.128 e. The van der Waals surface area contributed by atoms with Gasteiger partial charge in [0.15, 0.2) is 0 Å². The third-order valence-corrected chi connectivity index (χ3v) is 4.42. The van der Waals surface area contributed by atoms with E-state index in [0.717, 1.165) is 15.7 Å². The number of nitrogens with zero attached hydrogens (tertiary/aromatic N) is 1. The molecule has 0 bridgehead atoms. The van der Waals surface area contributed by atoms with Crippen LogP contribution in [0.3, 0.4) is 0 Å². The van der Waals surface area contributed by atoms with Crippen molar-refractivity contribution in [2.45, 2.75) is 13.0 Å². The predicted molar refractivity (Wildman–Crippen MR) is 93.2 cm³/mol. The van der Waals surface area contributed by atoms with Crippen LogP contribution in [-0.2, 0) is 0 Å². The highest BCUT2D eigenvalue weighted by atomic mass is 79.9. The molecule has 1 unspecified atom stereocenters. The largest absolute Gasteiger partial charge is 0.389 e. The molecule has 2 rings (SSSR count). The van der Waals surface area contributed by atoms with Gasteiger partial charge in [0.2, 0.25) is 0 Å². The summed E-state index contributed by atoms with van der Waals surface area (Å²) in [7, 11) is 1.93. The molecule has 110 valence electrons. The Hall–Kier alpha value is -1.46. The Morgan fingerprint density at radius 1 is 1.29 bits per heavy atom. The van der Waals surface area contributed by atoms with E-state index in [2.05, 4.69) is 15.9 Å². The lowest BCUT2D eigenvalue weighted by Crippen LogP contribution is -2.23. The van der Waals surface area contributed by atoms with Gasteiger partial charge >= 0.3 is 0 Å². The molecule has 1 atom stereocenters. The van der Waals surface area contributed by atoms with Gasteiger partial charge in [-0.15, -0.1) is 0 Å². The Morgan fingerprint density at radius 2 is 1.95 bits per heavy atom. The highest BCUT2D eigenvalue weighted by Gasteiger charge is 2.17. The van der Waals surface area contributed by atoms with Crippen molar-refractivity contribution in [1.29, 1.82) is 0 Å². The number of hydrogen-bond acceptors (Lipinski definition) is 2. The first-order chi connectivity index (χ1) is 9.91. The summed E-state index contributed by atoms with van der Waals surface area (Å²) in [5.74, 6) is -0.201. The van der Waals surface area contributed by atoms with Crippen molar-refractivity contribution in [3.8, 4) is 0 Å². The summed E-state index contributed by atoms with van der Waals surface area (Å²) in [6.45, 7) is 1.96. The Kier molecular flexibility index (Phi) is 4.96. The summed E-state index contributed by atoms with van der Waals surface area (Å²) >= 11 is 8.49. The molecule has 0 aromatic heterocycles. The highest BCUT2D eigenvalue weighted by molar-refractivity contribution is 9.10. The van der Waals surface area contributed by atoms with Gasteiger partial charge in [0.25, 0.3) is 0 Å². The summed E-state index contributed by atoms with van der Waals surface area (Å²) in [5, 5.41) is 0. The van der Waals surface area contributed by atoms with E-state index in [9.17, 15) is 4.39 Å². The second kappa shape index (κ2) is 6.54. The number of anilines is 1. The molecule has 2 aromatic carbocycles. The molecule has 2 nitrogen and oxygen atoms in total. The Balaban J connectivity index is 2.34. The molecule has 2 aromatic rings. The molecule has 0 saturated carbocycles. The van der Waals surface area contributed by atoms with E-state index in [4.69, 9.17) is 18.0 Å². The van der Waals surface area contributed by atoms with Crippen molar-refractivity contribution in [2.75, 3.05) is 11.9 Å². The topological polar surface area (TPSA) is 29.3 Å². The molecule has 0 aliphatic heterocycles. The Bertz CT molecular complexity index is 675. The van der Waals surface area contributed by atoms with Crippen molar-refractivity contribution in [3.63, 3.8) is 0 Å². The zero-order valence-corrected chi connectivity index (χ0v) is 14.2. The number of benzene rings is 2. The average Bonchev–Trinajstić information content (AvgIpc) is 2.46. The number of nitrogens with two attached hydrogens (primary N) is 1. The van der Waals surface area contributed by atoms with Gasteiger partial charge in [0.1, 0.15) is 10.8 Å². The van der Waals surface area contributed by atoms with Crippen LogP contribution < -0.4 is 10.6 Å². The van der Waals surface area contributed by atoms with Crippen LogP contribution in [0.5, 0.6) is 0 Å². The average molecular weight is 367 g/mol. The molecular formula is C16H16BrFN2S. The van der Waals surface area contributed by atoms with Crippen LogP contribution in [0, 0.1) is 5.82 Å². The number of thiocarbonyl (C=S) groups is 1. The van der Waals surface area contributed by atoms with Gasteiger partial charge in [-0.1, -0.05) is 30.4 Å². The van der Waals surface area contributed by atoms with Gasteiger partial charge in [-0.3, -0.25) is 0 Å². The summed E-state index contributed by atoms with van der Waals surface area (Å²) in [6.07, 6.45) is 0. The molecule has 0 saturated heterocycles. The first-order valence-electron chi connectivity index (χ1n) is 6.48. The van der Waals surface area contributed by atoms with E-state index in [0.29, 0.717) is 10.6 Å². The highest BCUT2D eigenvalue weighted by Crippen LogP contribution is 2.33. The quantitative estimate of drug-likeness (QED) is 0.812. The van der Waals surface area contributed by atoms with Crippen LogP contribution in [0.4, 0.5) is 10.1 Å². The maximum absolute atomic E-state index is 13.9. The molecule has 0 radical (unpaired) electrons. The molecule has 0 amide bonds. The first kappa shape index (κ1) is 15.9. The first-order valence-corrected chi connectivity index (χ1v) is 7.68. The van der Waals surface area contributed by atoms with Gasteiger partial charge < -0.3 is 10.6 Å². The molecule has 0 aliphatic carbocycles. The van der Waals surface area contributed by atoms with E-state index < -0.39 is 0 Å². The lowest BCUT2D eigenvalue weighted by molar-refractivity contribution is 0.585. The maximum atomic E-state index is 13.9. The van der Waals surface area contributed by atoms with Gasteiger partial charge in [-0.2, -0.15) is 0 Å². The number of rotatable bonds is 4. The number of hydrogen-bond donors (Lipinski definition) is 1. The Labute approximate surface area is 137 Å². The molecule has 0 heterocycles. The zero-order chi connectivity index (χ0) is 15.6. The van der Waals surface area contributed by atoms with E-state index >= 15 is 0 Å². The van der Waals surface area contributed by atoms with Crippen molar-refractivity contribution in [1.82, 2.24) is 0 Å². The van der Waals surface area contributed by atoms with E-state index in [-0.39, 0.29) is 11.9 Å². The van der Waals surface area contributed by atoms with Gasteiger partial charge in [-0.05, 0) is 47.1 Å². The van der Waals surface area contributed by atoms with Gasteiger partial charge in [0, 0.05) is 22.6 Å². The SMILES string of the molecule is CC(c1ccccc1F)N(C)c1ccc(C(N)=S)cc1Br. The fourth-order valence-electron chi connectivity index (χ4n) is 2.18. The van der Waals surface area contributed by atoms with Crippen molar-refractivity contribution in [2.24, 2.45) is 5.73 Å². The van der Waals surface area contributed by atoms with Crippen LogP contribution in [0.25, 0.3) is 0 Å². The van der Waals surface area contributed by atoms with Gasteiger partial charge in [-0.25, -0.2) is 4.39 Å². The lowest BCUT2D eigenvalue weighted by Gasteiger charge is -2.28. The molecule has 2 N–H and O–H groups in total. The standard InChI is InChI=1S/C16H16BrFN2S/c1-10(12-5-3-4-6-14(12)18)20(2)15-8-7-11(16(19)21)9-13(15)17/h3-10H,1-2H3,(H2,19,21). The fraction of sp³-hybridized carbons (Fsp3) is 0.188. The molecule has 0 fully saturated rings. The smallest absolute Gasteiger partial charge is 0.128 e. The normalized spacial score (nSPS) is 12.0. The van der Waals surface area contributed by atoms with Crippen LogP contribution in [0.2, 0.25) is 0 Å². The third-order valence-electron chi connectivity index (χ3n) is 3.55. The summed E-state index contributed by atoms with van der Waals surface area (Å²) in [6, 6.07) is 12.4. The van der Waals surface area contributed by atoms with Crippen molar-refractivity contribution in [3.05, 3.63) is 63.9 Å². The molecule has 5 heteroatoms. The second-order valence-electron chi connectivity index (χ2n) is 4.84. The lowest BCUT2D eigenvalue weighted by atomic mass is 10.1. The van der Waals surface area contributed by atoms with Crippen LogP contribution >= 0.6 is 28.1 Å². The summed E-state index contributed by atoms with van der Waals surface area (Å²) in [5.41, 5.74) is 8.03. The van der Waals surface area contributed by atoms with Crippen molar-refractivity contribution >= 4 is 38.8 Å². The van der Waals surface area contributed by atoms with E-state index in [1.54, 1.807) is 12.1 Å². The minimum absolute atomic E-state index is 0.0989. The second-order valence-corrected chi connectivity index (χ2v) is 6.13. The predicted octanol–water partition coefficient (Wildman–Crippen LogP) is 4.42. The third kappa shape index (κ3) is 3.41. The van der Waals surface area contributed by atoms with Crippen LogP contribution in [0.1, 0.15) is 24.1 Å². The Morgan fingerprint density at radius 3 is 2.52 bits per heavy atom. The van der Waals surface area contributed by atoms with E-state index in [1.807, 2.05) is 43.1 Å². The molecule has 0 spiro atoms. The molecule has 0 aliphatic rings. The monoisotopic (exact) mass is 366 g/mol. The van der Waals surface area contributed by atoms with E-state index in [1.165, 1.54) is 6.07 Å². The van der Waals surface area contributed by atoms with Gasteiger partial charge in [0.05, 0.1) is 11.7 Å². The van der Waals surface area contributed by atoms with Crippen LogP contribution in [-0.4, -0.2) is 12.0 Å². The number of halogens is 2. The molecular weight excluding hydrogens is 351 g/mol. The minimum atomic E-state index is -0.201. The van der Waals surface area contributed by atoms with Crippen LogP contribution in [0.15, 0.2) is 46.9 Å². The molecule has 21 heavy (non-hydrogen) atoms. The zero-order valence-electron chi connectivity index (χ0n) is 11.8.